The van der Waals surface area contributed by atoms with Crippen LogP contribution in [0.2, 0.25) is 0 Å². The Balaban J connectivity index is 2.37. The molecular formula is C8H11N3O2. The third kappa shape index (κ3) is 3.50. The predicted octanol–water partition coefficient (Wildman–Crippen LogP) is 0.672. The molecule has 0 radical (unpaired) electrons. The van der Waals surface area contributed by atoms with Gasteiger partial charge in [0.25, 0.3) is 0 Å². The van der Waals surface area contributed by atoms with E-state index >= 15 is 0 Å². The van der Waals surface area contributed by atoms with Gasteiger partial charge in [-0.05, 0) is 19.1 Å². The van der Waals surface area contributed by atoms with Gasteiger partial charge in [0.05, 0.1) is 12.1 Å². The van der Waals surface area contributed by atoms with Gasteiger partial charge in [0, 0.05) is 6.54 Å². The van der Waals surface area contributed by atoms with E-state index in [4.69, 9.17) is 5.11 Å². The van der Waals surface area contributed by atoms with Crippen LogP contribution in [0.5, 0.6) is 0 Å². The van der Waals surface area contributed by atoms with E-state index < -0.39 is 5.97 Å². The summed E-state index contributed by atoms with van der Waals surface area (Å²) in [4.78, 5) is 10.2. The number of aryl methyl sites for hydroxylation is 1. The molecule has 0 spiro atoms. The van der Waals surface area contributed by atoms with Crippen LogP contribution in [0.1, 0.15) is 12.1 Å². The van der Waals surface area contributed by atoms with E-state index in [0.29, 0.717) is 12.4 Å². The van der Waals surface area contributed by atoms with Crippen LogP contribution in [0.4, 0.5) is 5.82 Å². The van der Waals surface area contributed by atoms with Gasteiger partial charge in [-0.25, -0.2) is 0 Å². The van der Waals surface area contributed by atoms with Gasteiger partial charge in [-0.1, -0.05) is 0 Å². The maximum Gasteiger partial charge on any atom is 0.305 e. The first-order valence-electron chi connectivity index (χ1n) is 3.94. The highest BCUT2D eigenvalue weighted by molar-refractivity contribution is 5.67. The van der Waals surface area contributed by atoms with Crippen LogP contribution in [0, 0.1) is 6.92 Å². The summed E-state index contributed by atoms with van der Waals surface area (Å²) >= 11 is 0. The monoisotopic (exact) mass is 181 g/mol. The molecule has 0 atom stereocenters. The van der Waals surface area contributed by atoms with Crippen LogP contribution in [0.25, 0.3) is 0 Å². The fraction of sp³-hybridized carbons (Fsp3) is 0.375. The molecule has 1 rings (SSSR count). The van der Waals surface area contributed by atoms with Gasteiger partial charge in [-0.15, -0.1) is 5.10 Å². The number of aromatic nitrogens is 2. The predicted molar refractivity (Wildman–Crippen MR) is 47.5 cm³/mol. The van der Waals surface area contributed by atoms with Crippen molar-refractivity contribution in [2.75, 3.05) is 11.9 Å². The van der Waals surface area contributed by atoms with Crippen molar-refractivity contribution in [2.24, 2.45) is 0 Å². The van der Waals surface area contributed by atoms with Crippen molar-refractivity contribution >= 4 is 11.8 Å². The van der Waals surface area contributed by atoms with Crippen molar-refractivity contribution in [3.63, 3.8) is 0 Å². The number of rotatable bonds is 4. The Kier molecular flexibility index (Phi) is 3.19. The molecule has 0 amide bonds. The normalized spacial score (nSPS) is 9.62. The highest BCUT2D eigenvalue weighted by atomic mass is 16.4. The summed E-state index contributed by atoms with van der Waals surface area (Å²) in [5.41, 5.74) is 0.837. The van der Waals surface area contributed by atoms with Gasteiger partial charge < -0.3 is 10.4 Å². The molecule has 0 aliphatic rings. The second-order valence-electron chi connectivity index (χ2n) is 2.63. The van der Waals surface area contributed by atoms with Crippen molar-refractivity contribution in [2.45, 2.75) is 13.3 Å². The van der Waals surface area contributed by atoms with Crippen LogP contribution in [-0.2, 0) is 4.79 Å². The Hall–Kier alpha value is -1.65. The number of hydrogen-bond donors (Lipinski definition) is 2. The third-order valence-corrected chi connectivity index (χ3v) is 1.44. The number of aliphatic carboxylic acids is 1. The Morgan fingerprint density at radius 2 is 2.31 bits per heavy atom. The Morgan fingerprint density at radius 1 is 1.54 bits per heavy atom. The van der Waals surface area contributed by atoms with E-state index in [0.717, 1.165) is 5.69 Å². The van der Waals surface area contributed by atoms with Crippen molar-refractivity contribution in [3.8, 4) is 0 Å². The van der Waals surface area contributed by atoms with Crippen LogP contribution in [0.15, 0.2) is 12.1 Å². The molecule has 0 aromatic carbocycles. The molecule has 13 heavy (non-hydrogen) atoms. The van der Waals surface area contributed by atoms with E-state index in [1.807, 2.05) is 13.0 Å². The van der Waals surface area contributed by atoms with Gasteiger partial charge in [0.1, 0.15) is 5.82 Å². The Labute approximate surface area is 75.8 Å². The molecule has 70 valence electrons. The average molecular weight is 181 g/mol. The number of hydrogen-bond acceptors (Lipinski definition) is 4. The summed E-state index contributed by atoms with van der Waals surface area (Å²) in [7, 11) is 0. The zero-order valence-electron chi connectivity index (χ0n) is 7.32. The van der Waals surface area contributed by atoms with Crippen LogP contribution in [-0.4, -0.2) is 27.8 Å². The molecule has 5 heteroatoms. The maximum atomic E-state index is 10.2. The lowest BCUT2D eigenvalue weighted by Gasteiger charge is -2.01. The first-order valence-corrected chi connectivity index (χ1v) is 3.94. The number of carboxylic acid groups (broad SMARTS) is 1. The number of carboxylic acids is 1. The van der Waals surface area contributed by atoms with Crippen molar-refractivity contribution in [3.05, 3.63) is 17.8 Å². The molecule has 0 bridgehead atoms. The highest BCUT2D eigenvalue weighted by Crippen LogP contribution is 2.00. The molecule has 0 aliphatic heterocycles. The van der Waals surface area contributed by atoms with Crippen molar-refractivity contribution in [1.82, 2.24) is 10.2 Å². The van der Waals surface area contributed by atoms with Gasteiger partial charge in [-0.2, -0.15) is 5.10 Å². The summed E-state index contributed by atoms with van der Waals surface area (Å²) in [6.07, 6.45) is 0.0789. The fourth-order valence-corrected chi connectivity index (χ4v) is 0.791. The number of nitrogens with one attached hydrogen (secondary N) is 1. The Bertz CT molecular complexity index is 284. The number of carbonyl (C=O) groups is 1. The summed E-state index contributed by atoms with van der Waals surface area (Å²) < 4.78 is 0. The molecule has 1 aromatic rings. The molecule has 0 unspecified atom stereocenters. The lowest BCUT2D eigenvalue weighted by Crippen LogP contribution is -2.08. The zero-order chi connectivity index (χ0) is 9.68. The van der Waals surface area contributed by atoms with Gasteiger partial charge in [0.15, 0.2) is 0 Å². The molecule has 0 saturated heterocycles. The molecule has 5 nitrogen and oxygen atoms in total. The van der Waals surface area contributed by atoms with Gasteiger partial charge >= 0.3 is 5.97 Å². The minimum Gasteiger partial charge on any atom is -0.481 e. The molecule has 0 aliphatic carbocycles. The van der Waals surface area contributed by atoms with Gasteiger partial charge in [-0.3, -0.25) is 4.79 Å². The standard InChI is InChI=1S/C8H11N3O2/c1-6-2-3-7(11-10-6)9-5-4-8(12)13/h2-3H,4-5H2,1H3,(H,9,11)(H,12,13). The average Bonchev–Trinajstić information content (AvgIpc) is 2.08. The van der Waals surface area contributed by atoms with Crippen LogP contribution in [0.3, 0.4) is 0 Å². The molecule has 0 fully saturated rings. The highest BCUT2D eigenvalue weighted by Gasteiger charge is 1.97. The summed E-state index contributed by atoms with van der Waals surface area (Å²) in [6, 6.07) is 3.58. The largest absolute Gasteiger partial charge is 0.481 e. The molecule has 1 aromatic heterocycles. The molecule has 1 heterocycles. The molecule has 2 N–H and O–H groups in total. The van der Waals surface area contributed by atoms with E-state index in [1.165, 1.54) is 0 Å². The van der Waals surface area contributed by atoms with E-state index in [1.54, 1.807) is 6.07 Å². The lowest BCUT2D eigenvalue weighted by atomic mass is 10.4. The molecule has 0 saturated carbocycles. The summed E-state index contributed by atoms with van der Waals surface area (Å²) in [5.74, 6) is -0.223. The number of nitrogens with zero attached hydrogens (tertiary/aromatic N) is 2. The van der Waals surface area contributed by atoms with Gasteiger partial charge in [0.2, 0.25) is 0 Å². The summed E-state index contributed by atoms with van der Waals surface area (Å²) in [5, 5.41) is 18.8. The number of anilines is 1. The van der Waals surface area contributed by atoms with Crippen molar-refractivity contribution < 1.29 is 9.90 Å². The van der Waals surface area contributed by atoms with Crippen LogP contribution >= 0.6 is 0 Å². The fourth-order valence-electron chi connectivity index (χ4n) is 0.791. The minimum atomic E-state index is -0.826. The van der Waals surface area contributed by atoms with Crippen molar-refractivity contribution in [1.29, 1.82) is 0 Å². The first kappa shape index (κ1) is 9.44. The van der Waals surface area contributed by atoms with E-state index in [9.17, 15) is 4.79 Å². The summed E-state index contributed by atoms with van der Waals surface area (Å²) in [6.45, 7) is 2.21. The SMILES string of the molecule is Cc1ccc(NCCC(=O)O)nn1. The van der Waals surface area contributed by atoms with E-state index in [-0.39, 0.29) is 6.42 Å². The third-order valence-electron chi connectivity index (χ3n) is 1.44. The zero-order valence-corrected chi connectivity index (χ0v) is 7.32. The lowest BCUT2D eigenvalue weighted by molar-refractivity contribution is -0.136. The Morgan fingerprint density at radius 3 is 2.85 bits per heavy atom. The second kappa shape index (κ2) is 4.39. The topological polar surface area (TPSA) is 75.1 Å². The van der Waals surface area contributed by atoms with Crippen LogP contribution < -0.4 is 5.32 Å². The minimum absolute atomic E-state index is 0.0789. The molecular weight excluding hydrogens is 170 g/mol. The quantitative estimate of drug-likeness (QED) is 0.714. The first-order chi connectivity index (χ1) is 6.18. The van der Waals surface area contributed by atoms with E-state index in [2.05, 4.69) is 15.5 Å². The smallest absolute Gasteiger partial charge is 0.305 e. The maximum absolute atomic E-state index is 10.2. The second-order valence-corrected chi connectivity index (χ2v) is 2.63.